The van der Waals surface area contributed by atoms with Crippen molar-refractivity contribution >= 4 is 38.8 Å². The Morgan fingerprint density at radius 3 is 2.41 bits per heavy atom. The first kappa shape index (κ1) is 20.9. The van der Waals surface area contributed by atoms with E-state index in [0.29, 0.717) is 32.5 Å². The molecule has 0 aliphatic rings. The van der Waals surface area contributed by atoms with Gasteiger partial charge in [-0.15, -0.1) is 0 Å². The molecule has 2 aromatic carbocycles. The molecule has 0 saturated carbocycles. The van der Waals surface area contributed by atoms with E-state index in [1.807, 2.05) is 30.3 Å². The van der Waals surface area contributed by atoms with Crippen LogP contribution in [0.1, 0.15) is 31.1 Å². The smallest absolute Gasteiger partial charge is 0.347 e. The number of esters is 2. The van der Waals surface area contributed by atoms with Gasteiger partial charge in [0.2, 0.25) is 0 Å². The van der Waals surface area contributed by atoms with Crippen LogP contribution in [-0.4, -0.2) is 31.3 Å². The third kappa shape index (κ3) is 4.45. The van der Waals surface area contributed by atoms with Gasteiger partial charge in [-0.1, -0.05) is 30.3 Å². The van der Waals surface area contributed by atoms with Crippen LogP contribution < -0.4 is 4.74 Å². The number of fused-ring (bicyclic) bond motifs is 1. The molecule has 29 heavy (non-hydrogen) atoms. The molecule has 0 aliphatic heterocycles. The second-order valence-electron chi connectivity index (χ2n) is 6.18. The zero-order valence-corrected chi connectivity index (χ0v) is 17.9. The van der Waals surface area contributed by atoms with Crippen LogP contribution in [0.3, 0.4) is 0 Å². The van der Waals surface area contributed by atoms with Gasteiger partial charge < -0.3 is 18.6 Å². The number of ether oxygens (including phenoxy) is 3. The standard InChI is InChI=1S/C22H21BrO6/c1-4-26-21(24)13(3)28-18-11-15-17(12-16(18)23)29-20(14-9-7-6-8-10-14)19(15)22(25)27-5-2/h6-13H,4-5H2,1-3H3. The number of furan rings is 1. The van der Waals surface area contributed by atoms with E-state index in [-0.39, 0.29) is 13.2 Å². The SMILES string of the molecule is CCOC(=O)c1c(-c2ccccc2)oc2cc(Br)c(OC(C)C(=O)OCC)cc12. The molecule has 0 radical (unpaired) electrons. The van der Waals surface area contributed by atoms with E-state index in [1.54, 1.807) is 32.9 Å². The van der Waals surface area contributed by atoms with Crippen molar-refractivity contribution in [2.24, 2.45) is 0 Å². The van der Waals surface area contributed by atoms with Crippen molar-refractivity contribution in [1.29, 1.82) is 0 Å². The molecule has 1 unspecified atom stereocenters. The van der Waals surface area contributed by atoms with Crippen LogP contribution in [0, 0.1) is 0 Å². The molecule has 0 aliphatic carbocycles. The highest BCUT2D eigenvalue weighted by molar-refractivity contribution is 9.10. The summed E-state index contributed by atoms with van der Waals surface area (Å²) in [4.78, 5) is 24.6. The zero-order chi connectivity index (χ0) is 21.0. The molecule has 6 nitrogen and oxygen atoms in total. The molecule has 0 fully saturated rings. The summed E-state index contributed by atoms with van der Waals surface area (Å²) in [6.45, 7) is 5.58. The van der Waals surface area contributed by atoms with Gasteiger partial charge in [0.05, 0.1) is 17.7 Å². The molecule has 0 saturated heterocycles. The van der Waals surface area contributed by atoms with E-state index in [9.17, 15) is 9.59 Å². The van der Waals surface area contributed by atoms with Crippen LogP contribution in [0.15, 0.2) is 51.4 Å². The van der Waals surface area contributed by atoms with Gasteiger partial charge in [-0.3, -0.25) is 0 Å². The zero-order valence-electron chi connectivity index (χ0n) is 16.4. The van der Waals surface area contributed by atoms with Crippen LogP contribution in [0.25, 0.3) is 22.3 Å². The maximum Gasteiger partial charge on any atom is 0.347 e. The highest BCUT2D eigenvalue weighted by atomic mass is 79.9. The summed E-state index contributed by atoms with van der Waals surface area (Å²) in [5.74, 6) is -0.148. The summed E-state index contributed by atoms with van der Waals surface area (Å²) in [5, 5.41) is 0.538. The first-order valence-corrected chi connectivity index (χ1v) is 10.1. The minimum absolute atomic E-state index is 0.236. The van der Waals surface area contributed by atoms with Gasteiger partial charge in [-0.25, -0.2) is 9.59 Å². The number of benzene rings is 2. The predicted octanol–water partition coefficient (Wildman–Crippen LogP) is 5.37. The Balaban J connectivity index is 2.11. The Kier molecular flexibility index (Phi) is 6.59. The summed E-state index contributed by atoms with van der Waals surface area (Å²) in [6, 6.07) is 12.7. The first-order valence-electron chi connectivity index (χ1n) is 9.28. The predicted molar refractivity (Wildman–Crippen MR) is 112 cm³/mol. The van der Waals surface area contributed by atoms with Crippen LogP contribution in [-0.2, 0) is 14.3 Å². The highest BCUT2D eigenvalue weighted by Gasteiger charge is 2.25. The minimum atomic E-state index is -0.810. The average molecular weight is 461 g/mol. The van der Waals surface area contributed by atoms with Crippen molar-refractivity contribution in [3.63, 3.8) is 0 Å². The van der Waals surface area contributed by atoms with E-state index < -0.39 is 18.0 Å². The summed E-state index contributed by atoms with van der Waals surface area (Å²) in [6.07, 6.45) is -0.810. The molecular weight excluding hydrogens is 440 g/mol. The summed E-state index contributed by atoms with van der Waals surface area (Å²) in [7, 11) is 0. The van der Waals surface area contributed by atoms with Gasteiger partial charge in [0, 0.05) is 10.9 Å². The molecule has 152 valence electrons. The second-order valence-corrected chi connectivity index (χ2v) is 7.04. The maximum absolute atomic E-state index is 12.7. The molecule has 3 aromatic rings. The van der Waals surface area contributed by atoms with E-state index in [1.165, 1.54) is 0 Å². The number of rotatable bonds is 7. The molecule has 3 rings (SSSR count). The third-order valence-electron chi connectivity index (χ3n) is 4.18. The summed E-state index contributed by atoms with van der Waals surface area (Å²) < 4.78 is 22.6. The fourth-order valence-electron chi connectivity index (χ4n) is 2.89. The summed E-state index contributed by atoms with van der Waals surface area (Å²) >= 11 is 3.44. The highest BCUT2D eigenvalue weighted by Crippen LogP contribution is 2.39. The quantitative estimate of drug-likeness (QED) is 0.441. The van der Waals surface area contributed by atoms with Crippen LogP contribution in [0.5, 0.6) is 5.75 Å². The van der Waals surface area contributed by atoms with E-state index in [2.05, 4.69) is 15.9 Å². The first-order chi connectivity index (χ1) is 14.0. The van der Waals surface area contributed by atoms with Gasteiger partial charge >= 0.3 is 11.9 Å². The Morgan fingerprint density at radius 1 is 1.07 bits per heavy atom. The minimum Gasteiger partial charge on any atom is -0.478 e. The van der Waals surface area contributed by atoms with Gasteiger partial charge in [0.25, 0.3) is 0 Å². The molecule has 0 spiro atoms. The lowest BCUT2D eigenvalue weighted by molar-refractivity contribution is -0.150. The lowest BCUT2D eigenvalue weighted by atomic mass is 10.1. The lowest BCUT2D eigenvalue weighted by Gasteiger charge is -2.14. The van der Waals surface area contributed by atoms with Gasteiger partial charge in [0.1, 0.15) is 22.7 Å². The number of halogens is 1. The van der Waals surface area contributed by atoms with Crippen LogP contribution in [0.4, 0.5) is 0 Å². The Labute approximate surface area is 176 Å². The molecule has 1 atom stereocenters. The molecule has 7 heteroatoms. The number of hydrogen-bond donors (Lipinski definition) is 0. The topological polar surface area (TPSA) is 75.0 Å². The maximum atomic E-state index is 12.7. The van der Waals surface area contributed by atoms with Crippen LogP contribution in [0.2, 0.25) is 0 Å². The number of carbonyl (C=O) groups excluding carboxylic acids is 2. The largest absolute Gasteiger partial charge is 0.478 e. The lowest BCUT2D eigenvalue weighted by Crippen LogP contribution is -2.26. The number of carbonyl (C=O) groups is 2. The van der Waals surface area contributed by atoms with Crippen LogP contribution >= 0.6 is 15.9 Å². The molecule has 1 heterocycles. The number of hydrogen-bond acceptors (Lipinski definition) is 6. The molecular formula is C22H21BrO6. The third-order valence-corrected chi connectivity index (χ3v) is 4.80. The molecule has 0 N–H and O–H groups in total. The van der Waals surface area contributed by atoms with E-state index >= 15 is 0 Å². The Bertz CT molecular complexity index is 1020. The van der Waals surface area contributed by atoms with Crippen molar-refractivity contribution in [3.8, 4) is 17.1 Å². The second kappa shape index (κ2) is 9.13. The van der Waals surface area contributed by atoms with E-state index in [0.717, 1.165) is 5.56 Å². The van der Waals surface area contributed by atoms with Gasteiger partial charge in [-0.05, 0) is 48.8 Å². The fraction of sp³-hybridized carbons (Fsp3) is 0.273. The van der Waals surface area contributed by atoms with Gasteiger partial charge in [-0.2, -0.15) is 0 Å². The van der Waals surface area contributed by atoms with Crippen molar-refractivity contribution < 1.29 is 28.2 Å². The van der Waals surface area contributed by atoms with Crippen molar-refractivity contribution in [2.45, 2.75) is 26.9 Å². The molecule has 1 aromatic heterocycles. The molecule has 0 bridgehead atoms. The Morgan fingerprint density at radius 2 is 1.76 bits per heavy atom. The molecule has 0 amide bonds. The van der Waals surface area contributed by atoms with Gasteiger partial charge in [0.15, 0.2) is 6.10 Å². The van der Waals surface area contributed by atoms with E-state index in [4.69, 9.17) is 18.6 Å². The van der Waals surface area contributed by atoms with Crippen molar-refractivity contribution in [3.05, 3.63) is 52.5 Å². The monoisotopic (exact) mass is 460 g/mol. The Hall–Kier alpha value is -2.80. The average Bonchev–Trinajstić information content (AvgIpc) is 3.07. The van der Waals surface area contributed by atoms with Crippen molar-refractivity contribution in [2.75, 3.05) is 13.2 Å². The van der Waals surface area contributed by atoms with Crippen molar-refractivity contribution in [1.82, 2.24) is 0 Å². The fourth-order valence-corrected chi connectivity index (χ4v) is 3.30. The summed E-state index contributed by atoms with van der Waals surface area (Å²) in [5.41, 5.74) is 1.56. The normalized spacial score (nSPS) is 11.9.